The number of carbonyl (C=O) groups excluding carboxylic acids is 1. The number of amides is 1. The molecule has 0 bridgehead atoms. The van der Waals surface area contributed by atoms with E-state index in [4.69, 9.17) is 4.74 Å². The molecule has 1 amide bonds. The second-order valence-electron chi connectivity index (χ2n) is 7.57. The fourth-order valence-corrected chi connectivity index (χ4v) is 3.74. The first-order chi connectivity index (χ1) is 13.9. The van der Waals surface area contributed by atoms with Crippen LogP contribution in [0.2, 0.25) is 0 Å². The number of ether oxygens (including phenoxy) is 1. The van der Waals surface area contributed by atoms with Gasteiger partial charge in [0.1, 0.15) is 23.1 Å². The van der Waals surface area contributed by atoms with Crippen molar-refractivity contribution in [3.05, 3.63) is 41.9 Å². The van der Waals surface area contributed by atoms with Gasteiger partial charge in [-0.3, -0.25) is 9.48 Å². The third kappa shape index (κ3) is 3.74. The van der Waals surface area contributed by atoms with Crippen LogP contribution >= 0.6 is 0 Å². The number of nitrogens with zero attached hydrogens (tertiary/aromatic N) is 6. The van der Waals surface area contributed by atoms with E-state index in [1.165, 1.54) is 0 Å². The zero-order valence-electron chi connectivity index (χ0n) is 17.3. The average Bonchev–Trinajstić information content (AvgIpc) is 3.02. The summed E-state index contributed by atoms with van der Waals surface area (Å²) in [5, 5.41) is 4.47. The van der Waals surface area contributed by atoms with Crippen molar-refractivity contribution in [2.45, 2.75) is 26.9 Å². The molecule has 3 aromatic rings. The Labute approximate surface area is 170 Å². The minimum absolute atomic E-state index is 0.0463. The van der Waals surface area contributed by atoms with Crippen LogP contribution in [0.3, 0.4) is 0 Å². The summed E-state index contributed by atoms with van der Waals surface area (Å²) in [4.78, 5) is 25.8. The lowest BCUT2D eigenvalue weighted by molar-refractivity contribution is 0.0746. The summed E-state index contributed by atoms with van der Waals surface area (Å²) >= 11 is 0. The van der Waals surface area contributed by atoms with Gasteiger partial charge in [0.15, 0.2) is 5.82 Å². The third-order valence-corrected chi connectivity index (χ3v) is 5.11. The molecule has 0 unspecified atom stereocenters. The summed E-state index contributed by atoms with van der Waals surface area (Å²) in [6.45, 7) is 8.64. The molecule has 0 atom stereocenters. The number of anilines is 1. The molecule has 152 valence electrons. The lowest BCUT2D eigenvalue weighted by atomic mass is 10.1. The fraction of sp³-hybridized carbons (Fsp3) is 0.429. The Kier molecular flexibility index (Phi) is 5.08. The molecule has 1 saturated heterocycles. The van der Waals surface area contributed by atoms with Gasteiger partial charge in [-0.1, -0.05) is 0 Å². The van der Waals surface area contributed by atoms with Crippen molar-refractivity contribution in [2.24, 2.45) is 7.05 Å². The van der Waals surface area contributed by atoms with Crippen LogP contribution in [-0.4, -0.2) is 62.8 Å². The predicted molar refractivity (Wildman–Crippen MR) is 111 cm³/mol. The molecule has 1 aliphatic rings. The Bertz CT molecular complexity index is 1020. The van der Waals surface area contributed by atoms with E-state index in [1.54, 1.807) is 6.33 Å². The molecule has 1 aliphatic heterocycles. The molecule has 0 aliphatic carbocycles. The van der Waals surface area contributed by atoms with Gasteiger partial charge in [0.25, 0.3) is 5.91 Å². The fourth-order valence-electron chi connectivity index (χ4n) is 3.74. The second kappa shape index (κ2) is 7.69. The van der Waals surface area contributed by atoms with Crippen LogP contribution in [-0.2, 0) is 7.05 Å². The number of hydrogen-bond donors (Lipinski definition) is 0. The summed E-state index contributed by atoms with van der Waals surface area (Å²) in [6.07, 6.45) is 1.70. The third-order valence-electron chi connectivity index (χ3n) is 5.11. The van der Waals surface area contributed by atoms with Crippen molar-refractivity contribution in [2.75, 3.05) is 31.1 Å². The monoisotopic (exact) mass is 394 g/mol. The standard InChI is InChI=1S/C21H26N6O2/c1-14(2)29-17-7-5-16(6-8-17)21(28)27-11-9-26(10-12-27)20-19-18(22-13-23-20)15(3)24-25(19)4/h5-8,13-14H,9-12H2,1-4H3. The highest BCUT2D eigenvalue weighted by Crippen LogP contribution is 2.25. The topological polar surface area (TPSA) is 76.4 Å². The number of aromatic nitrogens is 4. The normalized spacial score (nSPS) is 14.7. The Morgan fingerprint density at radius 2 is 1.76 bits per heavy atom. The maximum atomic E-state index is 12.9. The van der Waals surface area contributed by atoms with E-state index in [0.717, 1.165) is 41.4 Å². The highest BCUT2D eigenvalue weighted by molar-refractivity contribution is 5.94. The van der Waals surface area contributed by atoms with Gasteiger partial charge < -0.3 is 14.5 Å². The molecular weight excluding hydrogens is 368 g/mol. The van der Waals surface area contributed by atoms with Gasteiger partial charge in [-0.25, -0.2) is 9.97 Å². The summed E-state index contributed by atoms with van der Waals surface area (Å²) in [7, 11) is 1.91. The maximum absolute atomic E-state index is 12.9. The SMILES string of the molecule is Cc1nn(C)c2c(N3CCN(C(=O)c4ccc(OC(C)C)cc4)CC3)ncnc12. The molecule has 8 heteroatoms. The highest BCUT2D eigenvalue weighted by Gasteiger charge is 2.25. The van der Waals surface area contributed by atoms with E-state index in [-0.39, 0.29) is 12.0 Å². The van der Waals surface area contributed by atoms with Gasteiger partial charge in [0.2, 0.25) is 0 Å². The molecule has 3 heterocycles. The van der Waals surface area contributed by atoms with Crippen LogP contribution in [0, 0.1) is 6.92 Å². The summed E-state index contributed by atoms with van der Waals surface area (Å²) in [5.74, 6) is 1.70. The van der Waals surface area contributed by atoms with E-state index in [9.17, 15) is 4.79 Å². The molecule has 0 N–H and O–H groups in total. The Balaban J connectivity index is 1.45. The van der Waals surface area contributed by atoms with Gasteiger partial charge in [-0.05, 0) is 45.0 Å². The number of rotatable bonds is 4. The number of hydrogen-bond acceptors (Lipinski definition) is 6. The Hall–Kier alpha value is -3.16. The lowest BCUT2D eigenvalue weighted by Crippen LogP contribution is -2.49. The van der Waals surface area contributed by atoms with Crippen LogP contribution in [0.5, 0.6) is 5.75 Å². The smallest absolute Gasteiger partial charge is 0.253 e. The van der Waals surface area contributed by atoms with Gasteiger partial charge in [0.05, 0.1) is 11.8 Å². The quantitative estimate of drug-likeness (QED) is 0.676. The largest absolute Gasteiger partial charge is 0.491 e. The second-order valence-corrected chi connectivity index (χ2v) is 7.57. The molecule has 0 saturated carbocycles. The maximum Gasteiger partial charge on any atom is 0.253 e. The molecule has 29 heavy (non-hydrogen) atoms. The van der Waals surface area contributed by atoms with Crippen LogP contribution in [0.4, 0.5) is 5.82 Å². The van der Waals surface area contributed by atoms with Gasteiger partial charge >= 0.3 is 0 Å². The zero-order chi connectivity index (χ0) is 20.5. The molecule has 4 rings (SSSR count). The lowest BCUT2D eigenvalue weighted by Gasteiger charge is -2.35. The van der Waals surface area contributed by atoms with Crippen LogP contribution in [0.25, 0.3) is 11.0 Å². The van der Waals surface area contributed by atoms with Crippen molar-refractivity contribution >= 4 is 22.8 Å². The van der Waals surface area contributed by atoms with Crippen molar-refractivity contribution < 1.29 is 9.53 Å². The Morgan fingerprint density at radius 3 is 2.41 bits per heavy atom. The van der Waals surface area contributed by atoms with Crippen molar-refractivity contribution in [3.63, 3.8) is 0 Å². The Morgan fingerprint density at radius 1 is 1.07 bits per heavy atom. The van der Waals surface area contributed by atoms with E-state index in [1.807, 2.05) is 61.7 Å². The zero-order valence-corrected chi connectivity index (χ0v) is 17.3. The van der Waals surface area contributed by atoms with Crippen molar-refractivity contribution in [3.8, 4) is 5.75 Å². The van der Waals surface area contributed by atoms with Gasteiger partial charge in [0, 0.05) is 38.8 Å². The van der Waals surface area contributed by atoms with E-state index in [0.29, 0.717) is 18.7 Å². The van der Waals surface area contributed by atoms with Crippen molar-refractivity contribution in [1.29, 1.82) is 0 Å². The van der Waals surface area contributed by atoms with Crippen LogP contribution in [0.15, 0.2) is 30.6 Å². The van der Waals surface area contributed by atoms with Gasteiger partial charge in [-0.15, -0.1) is 0 Å². The van der Waals surface area contributed by atoms with E-state index in [2.05, 4.69) is 20.0 Å². The van der Waals surface area contributed by atoms with E-state index < -0.39 is 0 Å². The first-order valence-electron chi connectivity index (χ1n) is 9.89. The number of aryl methyl sites for hydroxylation is 2. The molecule has 1 fully saturated rings. The summed E-state index contributed by atoms with van der Waals surface area (Å²) in [5.41, 5.74) is 3.39. The number of piperazine rings is 1. The first-order valence-corrected chi connectivity index (χ1v) is 9.89. The van der Waals surface area contributed by atoms with Gasteiger partial charge in [-0.2, -0.15) is 5.10 Å². The van der Waals surface area contributed by atoms with Crippen molar-refractivity contribution in [1.82, 2.24) is 24.6 Å². The number of benzene rings is 1. The van der Waals surface area contributed by atoms with E-state index >= 15 is 0 Å². The molecule has 1 aromatic carbocycles. The molecular formula is C21H26N6O2. The highest BCUT2D eigenvalue weighted by atomic mass is 16.5. The van der Waals surface area contributed by atoms with Crippen LogP contribution < -0.4 is 9.64 Å². The number of carbonyl (C=O) groups is 1. The predicted octanol–water partition coefficient (Wildman–Crippen LogP) is 2.42. The molecule has 2 aromatic heterocycles. The summed E-state index contributed by atoms with van der Waals surface area (Å²) in [6, 6.07) is 7.37. The molecule has 8 nitrogen and oxygen atoms in total. The van der Waals surface area contributed by atoms with Crippen LogP contribution in [0.1, 0.15) is 29.9 Å². The number of fused-ring (bicyclic) bond motifs is 1. The summed E-state index contributed by atoms with van der Waals surface area (Å²) < 4.78 is 7.48. The molecule has 0 spiro atoms. The first kappa shape index (κ1) is 19.2. The average molecular weight is 394 g/mol. The minimum atomic E-state index is 0.0463. The minimum Gasteiger partial charge on any atom is -0.491 e. The molecule has 0 radical (unpaired) electrons.